The molecule has 0 aliphatic carbocycles. The summed E-state index contributed by atoms with van der Waals surface area (Å²) in [6.07, 6.45) is 2.68. The van der Waals surface area contributed by atoms with Crippen LogP contribution in [0.1, 0.15) is 38.3 Å². The summed E-state index contributed by atoms with van der Waals surface area (Å²) in [7, 11) is 0. The Hall–Kier alpha value is -1.06. The van der Waals surface area contributed by atoms with Gasteiger partial charge in [0.05, 0.1) is 6.42 Å². The van der Waals surface area contributed by atoms with Gasteiger partial charge in [-0.25, -0.2) is 0 Å². The lowest BCUT2D eigenvalue weighted by Crippen LogP contribution is -2.32. The van der Waals surface area contributed by atoms with E-state index >= 15 is 0 Å². The maximum atomic E-state index is 11.8. The lowest BCUT2D eigenvalue weighted by atomic mass is 10.0. The third-order valence-corrected chi connectivity index (χ3v) is 3.08. The van der Waals surface area contributed by atoms with E-state index in [1.165, 1.54) is 5.56 Å². The smallest absolute Gasteiger partial charge is 0.224 e. The average molecular weight is 313 g/mol. The zero-order valence-electron chi connectivity index (χ0n) is 13.4. The third kappa shape index (κ3) is 9.48. The topological polar surface area (TPSA) is 41.1 Å². The highest BCUT2D eigenvalue weighted by Crippen LogP contribution is 2.10. The van der Waals surface area contributed by atoms with E-state index < -0.39 is 0 Å². The lowest BCUT2D eigenvalue weighted by molar-refractivity contribution is -0.120. The SMILES string of the molecule is CCCNCCNC(=O)Cc1ccc(CC(C)C)cc1.Cl. The number of hydrogen-bond acceptors (Lipinski definition) is 2. The molecule has 2 N–H and O–H groups in total. The van der Waals surface area contributed by atoms with Gasteiger partial charge in [0.15, 0.2) is 0 Å². The quantitative estimate of drug-likeness (QED) is 0.688. The highest BCUT2D eigenvalue weighted by molar-refractivity contribution is 5.85. The summed E-state index contributed by atoms with van der Waals surface area (Å²) in [5.41, 5.74) is 2.42. The minimum Gasteiger partial charge on any atom is -0.355 e. The van der Waals surface area contributed by atoms with Gasteiger partial charge < -0.3 is 10.6 Å². The Morgan fingerprint density at radius 2 is 1.67 bits per heavy atom. The fraction of sp³-hybridized carbons (Fsp3) is 0.588. The van der Waals surface area contributed by atoms with Crippen molar-refractivity contribution in [3.05, 3.63) is 35.4 Å². The molecular weight excluding hydrogens is 284 g/mol. The zero-order chi connectivity index (χ0) is 14.8. The maximum Gasteiger partial charge on any atom is 0.224 e. The Balaban J connectivity index is 0.00000400. The van der Waals surface area contributed by atoms with Crippen LogP contribution in [-0.2, 0) is 17.6 Å². The van der Waals surface area contributed by atoms with Crippen LogP contribution in [0, 0.1) is 5.92 Å². The van der Waals surface area contributed by atoms with E-state index in [2.05, 4.69) is 55.7 Å². The number of halogens is 1. The molecule has 0 aromatic heterocycles. The fourth-order valence-electron chi connectivity index (χ4n) is 2.10. The van der Waals surface area contributed by atoms with Crippen molar-refractivity contribution in [3.63, 3.8) is 0 Å². The first-order valence-electron chi connectivity index (χ1n) is 7.67. The molecule has 1 aromatic rings. The van der Waals surface area contributed by atoms with Crippen LogP contribution in [0.15, 0.2) is 24.3 Å². The van der Waals surface area contributed by atoms with E-state index in [9.17, 15) is 4.79 Å². The molecule has 21 heavy (non-hydrogen) atoms. The minimum absolute atomic E-state index is 0. The summed E-state index contributed by atoms with van der Waals surface area (Å²) in [6, 6.07) is 8.39. The van der Waals surface area contributed by atoms with Crippen LogP contribution in [0.3, 0.4) is 0 Å². The van der Waals surface area contributed by atoms with Crippen LogP contribution < -0.4 is 10.6 Å². The summed E-state index contributed by atoms with van der Waals surface area (Å²) in [6.45, 7) is 9.11. The van der Waals surface area contributed by atoms with Crippen molar-refractivity contribution in [2.75, 3.05) is 19.6 Å². The van der Waals surface area contributed by atoms with Gasteiger partial charge in [-0.15, -0.1) is 12.4 Å². The van der Waals surface area contributed by atoms with Gasteiger partial charge in [-0.05, 0) is 36.4 Å². The molecular formula is C17H29ClN2O. The third-order valence-electron chi connectivity index (χ3n) is 3.08. The fourth-order valence-corrected chi connectivity index (χ4v) is 2.10. The molecule has 1 rings (SSSR count). The molecule has 0 aliphatic rings. The summed E-state index contributed by atoms with van der Waals surface area (Å²) in [5.74, 6) is 0.764. The van der Waals surface area contributed by atoms with Crippen molar-refractivity contribution in [1.82, 2.24) is 10.6 Å². The van der Waals surface area contributed by atoms with Crippen molar-refractivity contribution in [1.29, 1.82) is 0 Å². The van der Waals surface area contributed by atoms with Crippen LogP contribution >= 0.6 is 12.4 Å². The van der Waals surface area contributed by atoms with E-state index in [-0.39, 0.29) is 18.3 Å². The molecule has 0 saturated heterocycles. The molecule has 0 aliphatic heterocycles. The number of amides is 1. The van der Waals surface area contributed by atoms with Gasteiger partial charge in [-0.3, -0.25) is 4.79 Å². The number of nitrogens with one attached hydrogen (secondary N) is 2. The predicted octanol–water partition coefficient (Wildman–Crippen LogP) is 2.97. The summed E-state index contributed by atoms with van der Waals surface area (Å²) >= 11 is 0. The molecule has 0 fully saturated rings. The summed E-state index contributed by atoms with van der Waals surface area (Å²) < 4.78 is 0. The van der Waals surface area contributed by atoms with Crippen molar-refractivity contribution in [2.24, 2.45) is 5.92 Å². The Morgan fingerprint density at radius 3 is 2.24 bits per heavy atom. The standard InChI is InChI=1S/C17H28N2O.ClH/c1-4-9-18-10-11-19-17(20)13-16-7-5-15(6-8-16)12-14(2)3;/h5-8,14,18H,4,9-13H2,1-3H3,(H,19,20);1H. The van der Waals surface area contributed by atoms with Gasteiger partial charge >= 0.3 is 0 Å². The number of benzene rings is 1. The van der Waals surface area contributed by atoms with Crippen molar-refractivity contribution in [3.8, 4) is 0 Å². The van der Waals surface area contributed by atoms with Crippen LogP contribution in [-0.4, -0.2) is 25.5 Å². The molecule has 120 valence electrons. The lowest BCUT2D eigenvalue weighted by Gasteiger charge is -2.08. The number of rotatable bonds is 9. The highest BCUT2D eigenvalue weighted by atomic mass is 35.5. The minimum atomic E-state index is 0. The van der Waals surface area contributed by atoms with Gasteiger partial charge in [0, 0.05) is 13.1 Å². The largest absolute Gasteiger partial charge is 0.355 e. The molecule has 0 radical (unpaired) electrons. The van der Waals surface area contributed by atoms with E-state index in [0.29, 0.717) is 18.9 Å². The molecule has 1 amide bonds. The molecule has 1 aromatic carbocycles. The predicted molar refractivity (Wildman–Crippen MR) is 92.1 cm³/mol. The molecule has 0 saturated carbocycles. The Morgan fingerprint density at radius 1 is 1.05 bits per heavy atom. The van der Waals surface area contributed by atoms with Crippen LogP contribution in [0.5, 0.6) is 0 Å². The van der Waals surface area contributed by atoms with Gasteiger partial charge in [0.1, 0.15) is 0 Å². The molecule has 0 heterocycles. The van der Waals surface area contributed by atoms with E-state index in [1.807, 2.05) is 0 Å². The van der Waals surface area contributed by atoms with E-state index in [4.69, 9.17) is 0 Å². The molecule has 0 atom stereocenters. The van der Waals surface area contributed by atoms with E-state index in [0.717, 1.165) is 31.5 Å². The van der Waals surface area contributed by atoms with Gasteiger partial charge in [-0.1, -0.05) is 45.0 Å². The Kier molecular flexibility index (Phi) is 11.0. The molecule has 0 spiro atoms. The van der Waals surface area contributed by atoms with Crippen molar-refractivity contribution in [2.45, 2.75) is 40.0 Å². The maximum absolute atomic E-state index is 11.8. The second kappa shape index (κ2) is 11.6. The highest BCUT2D eigenvalue weighted by Gasteiger charge is 2.03. The van der Waals surface area contributed by atoms with Crippen LogP contribution in [0.4, 0.5) is 0 Å². The zero-order valence-corrected chi connectivity index (χ0v) is 14.3. The normalized spacial score (nSPS) is 10.3. The van der Waals surface area contributed by atoms with Gasteiger partial charge in [-0.2, -0.15) is 0 Å². The monoisotopic (exact) mass is 312 g/mol. The van der Waals surface area contributed by atoms with Crippen LogP contribution in [0.2, 0.25) is 0 Å². The number of hydrogen-bond donors (Lipinski definition) is 2. The second-order valence-electron chi connectivity index (χ2n) is 5.69. The molecule has 4 heteroatoms. The Labute approximate surface area is 135 Å². The molecule has 0 unspecified atom stereocenters. The first-order chi connectivity index (χ1) is 9.61. The summed E-state index contributed by atoms with van der Waals surface area (Å²) in [5, 5.41) is 6.20. The summed E-state index contributed by atoms with van der Waals surface area (Å²) in [4.78, 5) is 11.8. The first-order valence-corrected chi connectivity index (χ1v) is 7.67. The number of carbonyl (C=O) groups excluding carboxylic acids is 1. The second-order valence-corrected chi connectivity index (χ2v) is 5.69. The van der Waals surface area contributed by atoms with Crippen LogP contribution in [0.25, 0.3) is 0 Å². The van der Waals surface area contributed by atoms with Crippen molar-refractivity contribution < 1.29 is 4.79 Å². The molecule has 0 bridgehead atoms. The first kappa shape index (κ1) is 19.9. The van der Waals surface area contributed by atoms with E-state index in [1.54, 1.807) is 0 Å². The van der Waals surface area contributed by atoms with Gasteiger partial charge in [0.2, 0.25) is 5.91 Å². The van der Waals surface area contributed by atoms with Crippen molar-refractivity contribution >= 4 is 18.3 Å². The number of carbonyl (C=O) groups is 1. The Bertz CT molecular complexity index is 390. The average Bonchev–Trinajstić information content (AvgIpc) is 2.40. The molecule has 3 nitrogen and oxygen atoms in total. The van der Waals surface area contributed by atoms with Gasteiger partial charge in [0.25, 0.3) is 0 Å².